The lowest BCUT2D eigenvalue weighted by Crippen LogP contribution is -2.18. The van der Waals surface area contributed by atoms with Crippen molar-refractivity contribution in [2.45, 2.75) is 6.42 Å². The van der Waals surface area contributed by atoms with Gasteiger partial charge in [-0.1, -0.05) is 0 Å². The number of hydrogen-bond donors (Lipinski definition) is 1. The second-order valence-corrected chi connectivity index (χ2v) is 3.40. The lowest BCUT2D eigenvalue weighted by atomic mass is 10.1. The van der Waals surface area contributed by atoms with E-state index in [0.29, 0.717) is 17.8 Å². The van der Waals surface area contributed by atoms with Crippen LogP contribution in [-0.4, -0.2) is 25.7 Å². The highest BCUT2D eigenvalue weighted by molar-refractivity contribution is 5.80. The van der Waals surface area contributed by atoms with Crippen LogP contribution in [0.3, 0.4) is 0 Å². The molecule has 2 aromatic rings. The molecule has 0 spiro atoms. The average Bonchev–Trinajstić information content (AvgIpc) is 2.55. The zero-order chi connectivity index (χ0) is 10.4. The van der Waals surface area contributed by atoms with Crippen LogP contribution in [-0.2, 0) is 6.42 Å². The molecule has 5 heteroatoms. The highest BCUT2D eigenvalue weighted by atomic mass is 16.4. The number of rotatable bonds is 0. The molecule has 3 heterocycles. The Morgan fingerprint density at radius 2 is 2.33 bits per heavy atom. The van der Waals surface area contributed by atoms with Crippen LogP contribution in [0, 0.1) is 0 Å². The summed E-state index contributed by atoms with van der Waals surface area (Å²) in [7, 11) is 0. The molecule has 0 fully saturated rings. The minimum absolute atomic E-state index is 0.572. The Labute approximate surface area is 85.0 Å². The molecule has 0 saturated heterocycles. The van der Waals surface area contributed by atoms with E-state index in [1.807, 2.05) is 6.07 Å². The highest BCUT2D eigenvalue weighted by Crippen LogP contribution is 2.30. The Morgan fingerprint density at radius 3 is 3.13 bits per heavy atom. The maximum atomic E-state index is 11.0. The van der Waals surface area contributed by atoms with Crippen molar-refractivity contribution < 1.29 is 9.90 Å². The molecule has 74 valence electrons. The first-order chi connectivity index (χ1) is 7.27. The second kappa shape index (κ2) is 2.66. The van der Waals surface area contributed by atoms with Crippen molar-refractivity contribution in [2.75, 3.05) is 0 Å². The van der Waals surface area contributed by atoms with Gasteiger partial charge in [0.25, 0.3) is 0 Å². The van der Waals surface area contributed by atoms with E-state index in [2.05, 4.69) is 9.97 Å². The van der Waals surface area contributed by atoms with Gasteiger partial charge < -0.3 is 5.11 Å². The predicted molar refractivity (Wildman–Crippen MR) is 51.7 cm³/mol. The fraction of sp³-hybridized carbons (Fsp3) is 0.100. The molecule has 0 atom stereocenters. The predicted octanol–water partition coefficient (Wildman–Crippen LogP) is 1.38. The van der Waals surface area contributed by atoms with Gasteiger partial charge in [0, 0.05) is 23.9 Å². The van der Waals surface area contributed by atoms with Gasteiger partial charge >= 0.3 is 6.09 Å². The van der Waals surface area contributed by atoms with E-state index in [4.69, 9.17) is 5.11 Å². The molecule has 5 nitrogen and oxygen atoms in total. The molecule has 1 aliphatic rings. The van der Waals surface area contributed by atoms with Gasteiger partial charge in [-0.05, 0) is 12.1 Å². The van der Waals surface area contributed by atoms with E-state index in [9.17, 15) is 4.79 Å². The summed E-state index contributed by atoms with van der Waals surface area (Å²) < 4.78 is 1.27. The molecular formula is C10H7N3O2. The fourth-order valence-electron chi connectivity index (χ4n) is 1.94. The molecule has 0 saturated carbocycles. The Hall–Kier alpha value is -2.17. The molecule has 0 amide bonds. The SMILES string of the molecule is O=C(O)n1c2ccc1-c1ncncc1C2. The molecule has 1 N–H and O–H groups in total. The van der Waals surface area contributed by atoms with Crippen LogP contribution in [0.25, 0.3) is 11.4 Å². The monoisotopic (exact) mass is 201 g/mol. The Bertz CT molecular complexity index is 560. The number of hydrogen-bond acceptors (Lipinski definition) is 3. The molecule has 0 unspecified atom stereocenters. The zero-order valence-corrected chi connectivity index (χ0v) is 7.71. The minimum Gasteiger partial charge on any atom is -0.464 e. The molecule has 0 radical (unpaired) electrons. The molecule has 2 bridgehead atoms. The summed E-state index contributed by atoms with van der Waals surface area (Å²) >= 11 is 0. The van der Waals surface area contributed by atoms with Crippen molar-refractivity contribution in [3.63, 3.8) is 0 Å². The van der Waals surface area contributed by atoms with Gasteiger partial charge in [0.05, 0.1) is 11.4 Å². The first-order valence-electron chi connectivity index (χ1n) is 4.50. The van der Waals surface area contributed by atoms with E-state index in [1.165, 1.54) is 10.9 Å². The zero-order valence-electron chi connectivity index (χ0n) is 7.71. The van der Waals surface area contributed by atoms with E-state index < -0.39 is 6.09 Å². The third kappa shape index (κ3) is 0.999. The summed E-state index contributed by atoms with van der Waals surface area (Å²) in [5.41, 5.74) is 3.08. The lowest BCUT2D eigenvalue weighted by Gasteiger charge is -2.15. The van der Waals surface area contributed by atoms with E-state index >= 15 is 0 Å². The van der Waals surface area contributed by atoms with Crippen molar-refractivity contribution in [1.29, 1.82) is 0 Å². The molecule has 2 aromatic heterocycles. The molecule has 0 aliphatic carbocycles. The summed E-state index contributed by atoms with van der Waals surface area (Å²) in [6.07, 6.45) is 2.77. The second-order valence-electron chi connectivity index (χ2n) is 3.40. The molecular weight excluding hydrogens is 194 g/mol. The molecule has 15 heavy (non-hydrogen) atoms. The van der Waals surface area contributed by atoms with Gasteiger partial charge in [-0.25, -0.2) is 19.3 Å². The summed E-state index contributed by atoms with van der Waals surface area (Å²) in [5, 5.41) is 9.05. The number of carboxylic acid groups (broad SMARTS) is 1. The quantitative estimate of drug-likeness (QED) is 0.596. The normalized spacial score (nSPS) is 12.3. The van der Waals surface area contributed by atoms with Crippen molar-refractivity contribution in [1.82, 2.24) is 14.5 Å². The molecule has 0 aromatic carbocycles. The van der Waals surface area contributed by atoms with Crippen LogP contribution in [0.15, 0.2) is 24.7 Å². The third-order valence-corrected chi connectivity index (χ3v) is 2.56. The van der Waals surface area contributed by atoms with Crippen molar-refractivity contribution in [2.24, 2.45) is 0 Å². The molecule has 3 rings (SSSR count). The van der Waals surface area contributed by atoms with Gasteiger partial charge in [-0.2, -0.15) is 0 Å². The Morgan fingerprint density at radius 1 is 1.47 bits per heavy atom. The van der Waals surface area contributed by atoms with Crippen LogP contribution < -0.4 is 0 Å². The third-order valence-electron chi connectivity index (χ3n) is 2.56. The van der Waals surface area contributed by atoms with Crippen LogP contribution >= 0.6 is 0 Å². The summed E-state index contributed by atoms with van der Waals surface area (Å²) in [4.78, 5) is 19.1. The highest BCUT2D eigenvalue weighted by Gasteiger charge is 2.24. The van der Waals surface area contributed by atoms with Crippen molar-refractivity contribution >= 4 is 6.09 Å². The van der Waals surface area contributed by atoms with Crippen molar-refractivity contribution in [3.8, 4) is 11.4 Å². The van der Waals surface area contributed by atoms with E-state index in [1.54, 1.807) is 12.3 Å². The van der Waals surface area contributed by atoms with Gasteiger partial charge in [0.2, 0.25) is 0 Å². The van der Waals surface area contributed by atoms with Gasteiger partial charge in [0.1, 0.15) is 6.33 Å². The number of nitrogens with zero attached hydrogens (tertiary/aromatic N) is 3. The number of aromatic nitrogens is 3. The maximum Gasteiger partial charge on any atom is 0.416 e. The number of fused-ring (bicyclic) bond motifs is 4. The topological polar surface area (TPSA) is 68.0 Å². The van der Waals surface area contributed by atoms with E-state index in [0.717, 1.165) is 11.3 Å². The summed E-state index contributed by atoms with van der Waals surface area (Å²) in [5.74, 6) is 0. The van der Waals surface area contributed by atoms with Crippen LogP contribution in [0.5, 0.6) is 0 Å². The van der Waals surface area contributed by atoms with Crippen LogP contribution in [0.2, 0.25) is 0 Å². The fourth-order valence-corrected chi connectivity index (χ4v) is 1.94. The van der Waals surface area contributed by atoms with Gasteiger partial charge in [-0.3, -0.25) is 0 Å². The summed E-state index contributed by atoms with van der Waals surface area (Å²) in [6.45, 7) is 0. The van der Waals surface area contributed by atoms with Crippen LogP contribution in [0.1, 0.15) is 11.3 Å². The minimum atomic E-state index is -0.964. The lowest BCUT2D eigenvalue weighted by molar-refractivity contribution is 0.196. The summed E-state index contributed by atoms with van der Waals surface area (Å²) in [6, 6.07) is 3.59. The maximum absolute atomic E-state index is 11.0. The Kier molecular flexibility index (Phi) is 1.45. The van der Waals surface area contributed by atoms with Crippen molar-refractivity contribution in [3.05, 3.63) is 35.9 Å². The average molecular weight is 201 g/mol. The number of carbonyl (C=O) groups is 1. The smallest absolute Gasteiger partial charge is 0.416 e. The van der Waals surface area contributed by atoms with E-state index in [-0.39, 0.29) is 0 Å². The first kappa shape index (κ1) is 8.16. The Balaban J connectivity index is 2.32. The standard InChI is InChI=1S/C10H7N3O2/c14-10(15)13-7-1-2-8(13)9-6(3-7)4-11-5-12-9/h1-2,4-5H,3H2,(H,14,15). The van der Waals surface area contributed by atoms with Gasteiger partial charge in [0.15, 0.2) is 0 Å². The van der Waals surface area contributed by atoms with Crippen LogP contribution in [0.4, 0.5) is 4.79 Å². The largest absolute Gasteiger partial charge is 0.464 e. The first-order valence-corrected chi connectivity index (χ1v) is 4.50. The van der Waals surface area contributed by atoms with Gasteiger partial charge in [-0.15, -0.1) is 0 Å². The molecule has 1 aliphatic heterocycles.